The summed E-state index contributed by atoms with van der Waals surface area (Å²) in [6.45, 7) is 5.54. The number of carbonyl (C=O) groups excluding carboxylic acids is 2. The number of aliphatic imine (C=N–C) groups is 1. The Morgan fingerprint density at radius 2 is 1.77 bits per heavy atom. The van der Waals surface area contributed by atoms with Crippen molar-refractivity contribution in [3.05, 3.63) is 81.5 Å². The molecule has 0 saturated heterocycles. The zero-order valence-corrected chi connectivity index (χ0v) is 19.6. The van der Waals surface area contributed by atoms with Crippen LogP contribution in [-0.4, -0.2) is 23.6 Å². The van der Waals surface area contributed by atoms with Gasteiger partial charge in [0.25, 0.3) is 0 Å². The van der Waals surface area contributed by atoms with Crippen LogP contribution in [0, 0.1) is 5.92 Å². The van der Waals surface area contributed by atoms with Gasteiger partial charge in [-0.05, 0) is 56.4 Å². The maximum absolute atomic E-state index is 13.5. The Morgan fingerprint density at radius 1 is 1.06 bits per heavy atom. The molecule has 0 N–H and O–H groups in total. The van der Waals surface area contributed by atoms with Crippen molar-refractivity contribution in [2.24, 2.45) is 10.9 Å². The molecule has 0 bridgehead atoms. The van der Waals surface area contributed by atoms with Crippen molar-refractivity contribution >= 4 is 33.4 Å². The second-order valence-electron chi connectivity index (χ2n) is 8.55. The van der Waals surface area contributed by atoms with E-state index in [4.69, 9.17) is 9.73 Å². The number of rotatable bonds is 4. The summed E-state index contributed by atoms with van der Waals surface area (Å²) < 4.78 is 6.49. The number of allylic oxidation sites excluding steroid dienone is 2. The molecule has 160 valence electrons. The van der Waals surface area contributed by atoms with Crippen LogP contribution in [0.2, 0.25) is 0 Å². The van der Waals surface area contributed by atoms with Crippen LogP contribution < -0.4 is 0 Å². The predicted octanol–water partition coefficient (Wildman–Crippen LogP) is 5.98. The Bertz CT molecular complexity index is 1070. The zero-order valence-electron chi connectivity index (χ0n) is 18.0. The fraction of sp³-hybridized carbons (Fsp3) is 0.346. The van der Waals surface area contributed by atoms with Gasteiger partial charge in [0, 0.05) is 33.8 Å². The number of hydrogen-bond acceptors (Lipinski definition) is 4. The summed E-state index contributed by atoms with van der Waals surface area (Å²) in [4.78, 5) is 31.4. The van der Waals surface area contributed by atoms with E-state index >= 15 is 0 Å². The number of ether oxygens (including phenoxy) is 1. The molecule has 3 atom stereocenters. The van der Waals surface area contributed by atoms with Gasteiger partial charge in [0.05, 0.1) is 6.10 Å². The average molecular weight is 480 g/mol. The van der Waals surface area contributed by atoms with Gasteiger partial charge in [0.2, 0.25) is 0 Å². The Labute approximate surface area is 191 Å². The molecule has 1 aliphatic carbocycles. The highest BCUT2D eigenvalue weighted by molar-refractivity contribution is 9.10. The van der Waals surface area contributed by atoms with Crippen molar-refractivity contribution in [1.82, 2.24) is 0 Å². The summed E-state index contributed by atoms with van der Waals surface area (Å²) in [7, 11) is 0. The van der Waals surface area contributed by atoms with Gasteiger partial charge >= 0.3 is 5.97 Å². The molecule has 4 rings (SSSR count). The summed E-state index contributed by atoms with van der Waals surface area (Å²) in [5, 5.41) is 0. The Morgan fingerprint density at radius 3 is 2.45 bits per heavy atom. The lowest BCUT2D eigenvalue weighted by molar-refractivity contribution is -0.150. The summed E-state index contributed by atoms with van der Waals surface area (Å²) in [5.74, 6) is -1.15. The normalized spacial score (nSPS) is 23.5. The van der Waals surface area contributed by atoms with E-state index in [0.29, 0.717) is 24.1 Å². The molecular weight excluding hydrogens is 454 g/mol. The third kappa shape index (κ3) is 4.42. The lowest BCUT2D eigenvalue weighted by Gasteiger charge is -2.36. The van der Waals surface area contributed by atoms with E-state index in [2.05, 4.69) is 28.1 Å². The minimum absolute atomic E-state index is 0.0682. The first kappa shape index (κ1) is 21.7. The lowest BCUT2D eigenvalue weighted by atomic mass is 9.69. The van der Waals surface area contributed by atoms with E-state index in [-0.39, 0.29) is 29.7 Å². The van der Waals surface area contributed by atoms with E-state index < -0.39 is 5.92 Å². The molecule has 0 amide bonds. The molecule has 1 unspecified atom stereocenters. The standard InChI is InChI=1S/C26H26BrNO3/c1-15(2)31-26(30)23-16(3)28-21-13-19(17-8-5-4-6-9-17)14-22(29)25(21)24(23)18-10-7-11-20(27)12-18/h4-12,15,19,23-24H,13-14H2,1-3H3/t19-,23?,24+/m0/s1. The summed E-state index contributed by atoms with van der Waals surface area (Å²) in [5.41, 5.74) is 4.25. The summed E-state index contributed by atoms with van der Waals surface area (Å²) in [6, 6.07) is 18.0. The van der Waals surface area contributed by atoms with Gasteiger partial charge in [-0.15, -0.1) is 0 Å². The molecule has 0 spiro atoms. The maximum atomic E-state index is 13.5. The molecule has 4 nitrogen and oxygen atoms in total. The van der Waals surface area contributed by atoms with Crippen molar-refractivity contribution in [2.45, 2.75) is 51.6 Å². The molecule has 1 aliphatic heterocycles. The molecule has 2 aliphatic rings. The monoisotopic (exact) mass is 479 g/mol. The van der Waals surface area contributed by atoms with Crippen LogP contribution in [-0.2, 0) is 14.3 Å². The number of benzene rings is 2. The molecule has 0 fully saturated rings. The number of ketones is 1. The Hall–Kier alpha value is -2.53. The van der Waals surface area contributed by atoms with Gasteiger partial charge in [-0.25, -0.2) is 0 Å². The van der Waals surface area contributed by atoms with Crippen molar-refractivity contribution in [3.63, 3.8) is 0 Å². The van der Waals surface area contributed by atoms with E-state index in [0.717, 1.165) is 21.3 Å². The van der Waals surface area contributed by atoms with Gasteiger partial charge in [-0.3, -0.25) is 14.6 Å². The van der Waals surface area contributed by atoms with Crippen LogP contribution in [0.3, 0.4) is 0 Å². The lowest BCUT2D eigenvalue weighted by Crippen LogP contribution is -2.38. The smallest absolute Gasteiger partial charge is 0.315 e. The average Bonchev–Trinajstić information content (AvgIpc) is 2.72. The third-order valence-corrected chi connectivity index (χ3v) is 6.47. The Balaban J connectivity index is 1.80. The highest BCUT2D eigenvalue weighted by atomic mass is 79.9. The minimum Gasteiger partial charge on any atom is -0.462 e. The molecule has 31 heavy (non-hydrogen) atoms. The second kappa shape index (κ2) is 8.91. The second-order valence-corrected chi connectivity index (χ2v) is 9.46. The fourth-order valence-corrected chi connectivity index (χ4v) is 5.11. The third-order valence-electron chi connectivity index (χ3n) is 5.97. The van der Waals surface area contributed by atoms with Gasteiger partial charge in [0.1, 0.15) is 5.92 Å². The number of esters is 1. The number of Topliss-reactive ketones (excluding diaryl/α,β-unsaturated/α-hetero) is 1. The van der Waals surface area contributed by atoms with E-state index in [1.165, 1.54) is 0 Å². The summed E-state index contributed by atoms with van der Waals surface area (Å²) >= 11 is 3.54. The van der Waals surface area contributed by atoms with Crippen LogP contribution in [0.25, 0.3) is 0 Å². The largest absolute Gasteiger partial charge is 0.462 e. The van der Waals surface area contributed by atoms with Crippen LogP contribution in [0.15, 0.2) is 75.3 Å². The minimum atomic E-state index is -0.604. The van der Waals surface area contributed by atoms with E-state index in [9.17, 15) is 9.59 Å². The number of nitrogens with zero attached hydrogens (tertiary/aromatic N) is 1. The molecular formula is C26H26BrNO3. The van der Waals surface area contributed by atoms with Crippen LogP contribution in [0.4, 0.5) is 0 Å². The SMILES string of the molecule is CC1=NC2=C(C(=O)C[C@@H](c3ccccc3)C2)[C@H](c2cccc(Br)c2)C1C(=O)OC(C)C. The number of halogens is 1. The van der Waals surface area contributed by atoms with Crippen molar-refractivity contribution < 1.29 is 14.3 Å². The molecule has 0 saturated carbocycles. The van der Waals surface area contributed by atoms with E-state index in [1.807, 2.05) is 63.2 Å². The quantitative estimate of drug-likeness (QED) is 0.507. The van der Waals surface area contributed by atoms with Gasteiger partial charge in [-0.2, -0.15) is 0 Å². The first-order valence-corrected chi connectivity index (χ1v) is 11.5. The van der Waals surface area contributed by atoms with Gasteiger partial charge in [-0.1, -0.05) is 58.4 Å². The van der Waals surface area contributed by atoms with Crippen LogP contribution in [0.1, 0.15) is 56.6 Å². The van der Waals surface area contributed by atoms with Crippen LogP contribution in [0.5, 0.6) is 0 Å². The molecule has 0 radical (unpaired) electrons. The molecule has 1 heterocycles. The van der Waals surface area contributed by atoms with Gasteiger partial charge in [0.15, 0.2) is 5.78 Å². The molecule has 5 heteroatoms. The van der Waals surface area contributed by atoms with E-state index in [1.54, 1.807) is 0 Å². The van der Waals surface area contributed by atoms with Crippen LogP contribution >= 0.6 is 15.9 Å². The maximum Gasteiger partial charge on any atom is 0.315 e. The topological polar surface area (TPSA) is 55.7 Å². The number of carbonyl (C=O) groups is 2. The van der Waals surface area contributed by atoms with Crippen molar-refractivity contribution in [3.8, 4) is 0 Å². The zero-order chi connectivity index (χ0) is 22.1. The number of hydrogen-bond donors (Lipinski definition) is 0. The molecule has 2 aromatic carbocycles. The molecule has 2 aromatic rings. The first-order chi connectivity index (χ1) is 14.8. The fourth-order valence-electron chi connectivity index (χ4n) is 4.69. The molecule has 0 aromatic heterocycles. The summed E-state index contributed by atoms with van der Waals surface area (Å²) in [6.07, 6.45) is 0.885. The highest BCUT2D eigenvalue weighted by Crippen LogP contribution is 2.47. The Kier molecular flexibility index (Phi) is 6.24. The van der Waals surface area contributed by atoms with Crippen molar-refractivity contribution in [2.75, 3.05) is 0 Å². The first-order valence-electron chi connectivity index (χ1n) is 10.7. The van der Waals surface area contributed by atoms with Crippen molar-refractivity contribution in [1.29, 1.82) is 0 Å². The highest BCUT2D eigenvalue weighted by Gasteiger charge is 2.44. The predicted molar refractivity (Wildman–Crippen MR) is 125 cm³/mol. The van der Waals surface area contributed by atoms with Gasteiger partial charge < -0.3 is 4.74 Å².